The summed E-state index contributed by atoms with van der Waals surface area (Å²) in [7, 11) is 0. The monoisotopic (exact) mass is 309 g/mol. The van der Waals surface area contributed by atoms with Gasteiger partial charge in [0.2, 0.25) is 0 Å². The van der Waals surface area contributed by atoms with E-state index in [4.69, 9.17) is 12.2 Å². The van der Waals surface area contributed by atoms with E-state index in [2.05, 4.69) is 20.1 Å². The third kappa shape index (κ3) is 1.79. The molecule has 3 aromatic heterocycles. The largest absolute Gasteiger partial charge is 0.316 e. The van der Waals surface area contributed by atoms with Gasteiger partial charge in [-0.2, -0.15) is 9.61 Å². The van der Waals surface area contributed by atoms with Crippen LogP contribution in [0.3, 0.4) is 0 Å². The summed E-state index contributed by atoms with van der Waals surface area (Å²) in [6.45, 7) is 1.92. The minimum atomic E-state index is -0.275. The second kappa shape index (κ2) is 4.60. The molecule has 0 aliphatic rings. The number of rotatable bonds is 1. The van der Waals surface area contributed by atoms with E-state index in [0.29, 0.717) is 16.7 Å². The fourth-order valence-corrected chi connectivity index (χ4v) is 2.82. The molecule has 0 spiro atoms. The normalized spacial score (nSPS) is 11.3. The number of benzene rings is 1. The Morgan fingerprint density at radius 3 is 2.73 bits per heavy atom. The van der Waals surface area contributed by atoms with Crippen LogP contribution < -0.4 is 5.56 Å². The van der Waals surface area contributed by atoms with Gasteiger partial charge in [-0.1, -0.05) is 30.3 Å². The zero-order chi connectivity index (χ0) is 15.3. The fourth-order valence-electron chi connectivity index (χ4n) is 2.63. The Bertz CT molecular complexity index is 1120. The fraction of sp³-hybridized carbons (Fsp3) is 0.0667. The number of hydrogen-bond donors (Lipinski definition) is 2. The molecule has 2 N–H and O–H groups in total. The second-order valence-corrected chi connectivity index (χ2v) is 5.40. The number of fused-ring (bicyclic) bond motifs is 3. The van der Waals surface area contributed by atoms with Crippen molar-refractivity contribution in [1.29, 1.82) is 0 Å². The highest BCUT2D eigenvalue weighted by Gasteiger charge is 2.15. The van der Waals surface area contributed by atoms with Gasteiger partial charge in [0.05, 0.1) is 5.69 Å². The zero-order valence-corrected chi connectivity index (χ0v) is 12.4. The molecule has 4 rings (SSSR count). The molecule has 0 bridgehead atoms. The van der Waals surface area contributed by atoms with Crippen molar-refractivity contribution in [3.63, 3.8) is 0 Å². The molecule has 3 heterocycles. The average molecular weight is 309 g/mol. The summed E-state index contributed by atoms with van der Waals surface area (Å²) in [5.41, 5.74) is 3.78. The summed E-state index contributed by atoms with van der Waals surface area (Å²) >= 11 is 5.05. The van der Waals surface area contributed by atoms with Crippen LogP contribution in [0.2, 0.25) is 0 Å². The maximum atomic E-state index is 12.0. The van der Waals surface area contributed by atoms with Crippen LogP contribution in [0.4, 0.5) is 0 Å². The highest BCUT2D eigenvalue weighted by atomic mass is 32.1. The molecule has 0 saturated heterocycles. The molecule has 7 heteroatoms. The van der Waals surface area contributed by atoms with E-state index in [1.54, 1.807) is 10.7 Å². The van der Waals surface area contributed by atoms with Crippen molar-refractivity contribution in [1.82, 2.24) is 24.6 Å². The van der Waals surface area contributed by atoms with E-state index in [9.17, 15) is 4.79 Å². The van der Waals surface area contributed by atoms with Gasteiger partial charge >= 0.3 is 0 Å². The van der Waals surface area contributed by atoms with Gasteiger partial charge < -0.3 is 4.98 Å². The second-order valence-electron chi connectivity index (χ2n) is 4.99. The van der Waals surface area contributed by atoms with Crippen LogP contribution in [0.1, 0.15) is 5.69 Å². The number of aromatic nitrogens is 5. The van der Waals surface area contributed by atoms with Gasteiger partial charge in [0, 0.05) is 11.8 Å². The smallest absolute Gasteiger partial charge is 0.262 e. The predicted octanol–water partition coefficient (Wildman–Crippen LogP) is 2.60. The third-order valence-electron chi connectivity index (χ3n) is 3.58. The molecule has 0 amide bonds. The molecule has 1 aromatic carbocycles. The van der Waals surface area contributed by atoms with Crippen molar-refractivity contribution in [3.05, 3.63) is 57.3 Å². The molecular weight excluding hydrogens is 298 g/mol. The Hall–Kier alpha value is -2.80. The first-order valence-corrected chi connectivity index (χ1v) is 7.12. The van der Waals surface area contributed by atoms with Crippen LogP contribution in [0.5, 0.6) is 0 Å². The minimum Gasteiger partial charge on any atom is -0.316 e. The molecule has 4 aromatic rings. The molecule has 0 saturated carbocycles. The highest BCUT2D eigenvalue weighted by molar-refractivity contribution is 7.71. The van der Waals surface area contributed by atoms with Crippen LogP contribution in [0.25, 0.3) is 27.8 Å². The molecule has 22 heavy (non-hydrogen) atoms. The van der Waals surface area contributed by atoms with Gasteiger partial charge in [0.1, 0.15) is 5.39 Å². The van der Waals surface area contributed by atoms with Crippen molar-refractivity contribution < 1.29 is 0 Å². The van der Waals surface area contributed by atoms with E-state index in [-0.39, 0.29) is 10.3 Å². The number of nitrogens with zero attached hydrogens (tertiary/aromatic N) is 3. The Labute approximate surface area is 129 Å². The first-order valence-electron chi connectivity index (χ1n) is 6.71. The highest BCUT2D eigenvalue weighted by Crippen LogP contribution is 2.27. The topological polar surface area (TPSA) is 78.8 Å². The standard InChI is InChI=1S/C15H11N5OS/c1-8-11(9-5-3-2-4-6-9)13-16-7-10-12(20(13)19-8)17-15(22)18-14(10)21/h2-7H,1H3,(H2,17,18,21,22). The maximum Gasteiger partial charge on any atom is 0.262 e. The van der Waals surface area contributed by atoms with Gasteiger partial charge in [0.15, 0.2) is 16.1 Å². The molecule has 0 atom stereocenters. The molecule has 6 nitrogen and oxygen atoms in total. The van der Waals surface area contributed by atoms with E-state index in [1.807, 2.05) is 37.3 Å². The first-order chi connectivity index (χ1) is 10.6. The SMILES string of the molecule is Cc1nn2c(ncc3c(=O)[nH]c(=S)[nH]c32)c1-c1ccccc1. The average Bonchev–Trinajstić information content (AvgIpc) is 2.84. The Balaban J connectivity index is 2.19. The van der Waals surface area contributed by atoms with Gasteiger partial charge in [-0.3, -0.25) is 9.78 Å². The van der Waals surface area contributed by atoms with Crippen molar-refractivity contribution in [2.24, 2.45) is 0 Å². The molecule has 0 aliphatic heterocycles. The number of H-pyrrole nitrogens is 2. The molecule has 0 radical (unpaired) electrons. The molecule has 0 unspecified atom stereocenters. The van der Waals surface area contributed by atoms with Crippen molar-refractivity contribution in [2.45, 2.75) is 6.92 Å². The van der Waals surface area contributed by atoms with Crippen LogP contribution in [0, 0.1) is 11.7 Å². The summed E-state index contributed by atoms with van der Waals surface area (Å²) in [5, 5.41) is 4.94. The molecule has 108 valence electrons. The first kappa shape index (κ1) is 12.9. The van der Waals surface area contributed by atoms with Crippen molar-refractivity contribution in [2.75, 3.05) is 0 Å². The summed E-state index contributed by atoms with van der Waals surface area (Å²) < 4.78 is 1.90. The summed E-state index contributed by atoms with van der Waals surface area (Å²) in [6.07, 6.45) is 1.54. The van der Waals surface area contributed by atoms with Gasteiger partial charge in [-0.15, -0.1) is 0 Å². The van der Waals surface area contributed by atoms with E-state index in [0.717, 1.165) is 16.8 Å². The van der Waals surface area contributed by atoms with Crippen LogP contribution in [-0.4, -0.2) is 24.6 Å². The van der Waals surface area contributed by atoms with E-state index >= 15 is 0 Å². The summed E-state index contributed by atoms with van der Waals surface area (Å²) in [5.74, 6) is 0. The van der Waals surface area contributed by atoms with Crippen LogP contribution in [0.15, 0.2) is 41.3 Å². The maximum absolute atomic E-state index is 12.0. The Morgan fingerprint density at radius 2 is 1.95 bits per heavy atom. The van der Waals surface area contributed by atoms with E-state index in [1.165, 1.54) is 0 Å². The Morgan fingerprint density at radius 1 is 1.18 bits per heavy atom. The van der Waals surface area contributed by atoms with E-state index < -0.39 is 0 Å². The Kier molecular flexibility index (Phi) is 2.70. The number of nitrogens with one attached hydrogen (secondary N) is 2. The third-order valence-corrected chi connectivity index (χ3v) is 3.79. The van der Waals surface area contributed by atoms with Gasteiger partial charge in [-0.25, -0.2) is 4.98 Å². The summed E-state index contributed by atoms with van der Waals surface area (Å²) in [6, 6.07) is 9.92. The molecular formula is C15H11N5OS. The van der Waals surface area contributed by atoms with Crippen molar-refractivity contribution >= 4 is 28.9 Å². The zero-order valence-electron chi connectivity index (χ0n) is 11.6. The van der Waals surface area contributed by atoms with Crippen molar-refractivity contribution in [3.8, 4) is 11.1 Å². The lowest BCUT2D eigenvalue weighted by atomic mass is 10.1. The number of aromatic amines is 2. The molecule has 0 aliphatic carbocycles. The minimum absolute atomic E-state index is 0.263. The lowest BCUT2D eigenvalue weighted by molar-refractivity contribution is 0.927. The lowest BCUT2D eigenvalue weighted by Crippen LogP contribution is -2.11. The van der Waals surface area contributed by atoms with Gasteiger partial charge in [-0.05, 0) is 24.7 Å². The predicted molar refractivity (Wildman–Crippen MR) is 86.5 cm³/mol. The lowest BCUT2D eigenvalue weighted by Gasteiger charge is -2.02. The van der Waals surface area contributed by atoms with Crippen LogP contribution in [-0.2, 0) is 0 Å². The number of hydrogen-bond acceptors (Lipinski definition) is 4. The summed E-state index contributed by atoms with van der Waals surface area (Å²) in [4.78, 5) is 21.9. The number of aryl methyl sites for hydroxylation is 1. The van der Waals surface area contributed by atoms with Gasteiger partial charge in [0.25, 0.3) is 5.56 Å². The van der Waals surface area contributed by atoms with Crippen LogP contribution >= 0.6 is 12.2 Å². The quantitative estimate of drug-likeness (QED) is 0.530. The molecule has 0 fully saturated rings.